The van der Waals surface area contributed by atoms with Gasteiger partial charge in [0.2, 0.25) is 5.78 Å². The van der Waals surface area contributed by atoms with Gasteiger partial charge in [-0.25, -0.2) is 14.4 Å². The topological polar surface area (TPSA) is 83.6 Å². The standard InChI is InChI=1S/C29H24FN5O2/c30-24-13-19(27(37)34-11-7-22(36)17-34)3-5-23(24)20-14-32-28-33-15-26(35(28)16-20)29(8-9-29)21-4-6-25-18(12-21)2-1-10-31-25/h1-6,10,12-16,22,36H,7-9,11,17H2/t22-/m0/s1. The smallest absolute Gasteiger partial charge is 0.254 e. The van der Waals surface area contributed by atoms with E-state index in [1.54, 1.807) is 29.4 Å². The van der Waals surface area contributed by atoms with Gasteiger partial charge in [-0.05, 0) is 55.2 Å². The molecule has 1 atom stereocenters. The van der Waals surface area contributed by atoms with Gasteiger partial charge >= 0.3 is 0 Å². The van der Waals surface area contributed by atoms with Crippen LogP contribution in [0.2, 0.25) is 0 Å². The molecule has 184 valence electrons. The number of nitrogens with zero attached hydrogens (tertiary/aromatic N) is 5. The van der Waals surface area contributed by atoms with Crippen LogP contribution in [0, 0.1) is 5.82 Å². The van der Waals surface area contributed by atoms with Crippen LogP contribution in [0.25, 0.3) is 27.8 Å². The van der Waals surface area contributed by atoms with Gasteiger partial charge in [0, 0.05) is 59.2 Å². The van der Waals surface area contributed by atoms with Crippen LogP contribution in [0.3, 0.4) is 0 Å². The van der Waals surface area contributed by atoms with Crippen molar-refractivity contribution in [1.82, 2.24) is 24.3 Å². The fourth-order valence-corrected chi connectivity index (χ4v) is 5.55. The van der Waals surface area contributed by atoms with Crippen LogP contribution in [0.1, 0.15) is 40.9 Å². The van der Waals surface area contributed by atoms with Crippen molar-refractivity contribution >= 4 is 22.6 Å². The SMILES string of the molecule is O=C(c1ccc(-c2cnc3ncc(C4(c5ccc6ncccc6c5)CC4)n3c2)c(F)c1)N1CC[C@H](O)C1. The van der Waals surface area contributed by atoms with E-state index < -0.39 is 11.9 Å². The molecule has 2 fully saturated rings. The van der Waals surface area contributed by atoms with Crippen molar-refractivity contribution < 1.29 is 14.3 Å². The van der Waals surface area contributed by atoms with Crippen LogP contribution in [-0.4, -0.2) is 54.5 Å². The monoisotopic (exact) mass is 493 g/mol. The Kier molecular flexibility index (Phi) is 4.87. The number of likely N-dealkylation sites (tertiary alicyclic amines) is 1. The van der Waals surface area contributed by atoms with Crippen molar-refractivity contribution in [3.63, 3.8) is 0 Å². The van der Waals surface area contributed by atoms with E-state index in [2.05, 4.69) is 39.2 Å². The summed E-state index contributed by atoms with van der Waals surface area (Å²) in [6, 6.07) is 14.9. The molecular formula is C29H24FN5O2. The molecule has 1 aliphatic heterocycles. The van der Waals surface area contributed by atoms with E-state index in [1.807, 2.05) is 22.9 Å². The number of benzene rings is 2. The van der Waals surface area contributed by atoms with E-state index in [1.165, 1.54) is 11.6 Å². The second kappa shape index (κ2) is 8.18. The number of halogens is 1. The zero-order valence-corrected chi connectivity index (χ0v) is 20.0. The largest absolute Gasteiger partial charge is 0.391 e. The Bertz CT molecular complexity index is 1690. The molecule has 0 unspecified atom stereocenters. The quantitative estimate of drug-likeness (QED) is 0.402. The highest BCUT2D eigenvalue weighted by Crippen LogP contribution is 2.53. The number of aliphatic hydroxyl groups excluding tert-OH is 1. The predicted molar refractivity (Wildman–Crippen MR) is 137 cm³/mol. The van der Waals surface area contributed by atoms with Gasteiger partial charge in [0.1, 0.15) is 5.82 Å². The van der Waals surface area contributed by atoms with Crippen LogP contribution in [0.15, 0.2) is 73.3 Å². The van der Waals surface area contributed by atoms with Gasteiger partial charge in [-0.1, -0.05) is 18.2 Å². The fourth-order valence-electron chi connectivity index (χ4n) is 5.55. The first kappa shape index (κ1) is 22.1. The molecule has 3 aromatic heterocycles. The van der Waals surface area contributed by atoms with Gasteiger partial charge in [0.15, 0.2) is 0 Å². The van der Waals surface area contributed by atoms with Crippen LogP contribution in [0.5, 0.6) is 0 Å². The minimum absolute atomic E-state index is 0.168. The molecule has 8 heteroatoms. The number of rotatable bonds is 4. The predicted octanol–water partition coefficient (Wildman–Crippen LogP) is 4.37. The minimum Gasteiger partial charge on any atom is -0.391 e. The fraction of sp³-hybridized carbons (Fsp3) is 0.241. The number of fused-ring (bicyclic) bond motifs is 2. The first-order valence-corrected chi connectivity index (χ1v) is 12.5. The van der Waals surface area contributed by atoms with Crippen molar-refractivity contribution in [3.8, 4) is 11.1 Å². The number of hydrogen-bond acceptors (Lipinski definition) is 5. The second-order valence-corrected chi connectivity index (χ2v) is 10.0. The van der Waals surface area contributed by atoms with Crippen LogP contribution >= 0.6 is 0 Å². The number of β-amino-alcohol motifs (C(OH)–C–C–N with tert-alkyl or cyclic N) is 1. The summed E-state index contributed by atoms with van der Waals surface area (Å²) in [7, 11) is 0. The van der Waals surface area contributed by atoms with Crippen molar-refractivity contribution in [2.24, 2.45) is 0 Å². The molecule has 1 N–H and O–H groups in total. The molecule has 2 aliphatic rings. The summed E-state index contributed by atoms with van der Waals surface area (Å²) in [5, 5.41) is 10.8. The highest BCUT2D eigenvalue weighted by atomic mass is 19.1. The van der Waals surface area contributed by atoms with Gasteiger partial charge in [0.05, 0.1) is 23.5 Å². The maximum absolute atomic E-state index is 15.3. The number of aliphatic hydroxyl groups is 1. The van der Waals surface area contributed by atoms with Crippen LogP contribution in [-0.2, 0) is 5.41 Å². The minimum atomic E-state index is -0.517. The maximum Gasteiger partial charge on any atom is 0.254 e. The van der Waals surface area contributed by atoms with Gasteiger partial charge in [-0.15, -0.1) is 0 Å². The molecule has 0 bridgehead atoms. The van der Waals surface area contributed by atoms with Crippen molar-refractivity contribution in [2.75, 3.05) is 13.1 Å². The maximum atomic E-state index is 15.3. The molecule has 0 radical (unpaired) electrons. The van der Waals surface area contributed by atoms with E-state index in [4.69, 9.17) is 0 Å². The van der Waals surface area contributed by atoms with Crippen LogP contribution in [0.4, 0.5) is 4.39 Å². The normalized spacial score (nSPS) is 18.5. The molecule has 37 heavy (non-hydrogen) atoms. The van der Waals surface area contributed by atoms with E-state index in [0.717, 1.165) is 29.4 Å². The number of amides is 1. The lowest BCUT2D eigenvalue weighted by Crippen LogP contribution is -2.29. The molecule has 0 spiro atoms. The van der Waals surface area contributed by atoms with Crippen molar-refractivity contribution in [2.45, 2.75) is 30.8 Å². The summed E-state index contributed by atoms with van der Waals surface area (Å²) in [5.74, 6) is -0.197. The number of hydrogen-bond donors (Lipinski definition) is 1. The Morgan fingerprint density at radius 1 is 1.05 bits per heavy atom. The molecule has 2 aromatic carbocycles. The summed E-state index contributed by atoms with van der Waals surface area (Å²) in [6.45, 7) is 0.754. The molecule has 5 aromatic rings. The molecule has 7 rings (SSSR count). The molecule has 1 saturated heterocycles. The van der Waals surface area contributed by atoms with Crippen molar-refractivity contribution in [3.05, 3.63) is 96.0 Å². The first-order valence-electron chi connectivity index (χ1n) is 12.5. The molecule has 1 saturated carbocycles. The van der Waals surface area contributed by atoms with E-state index in [0.29, 0.717) is 29.9 Å². The number of pyridine rings is 1. The molecule has 7 nitrogen and oxygen atoms in total. The summed E-state index contributed by atoms with van der Waals surface area (Å²) < 4.78 is 17.2. The van der Waals surface area contributed by atoms with Gasteiger partial charge in [-0.2, -0.15) is 0 Å². The Morgan fingerprint density at radius 2 is 1.92 bits per heavy atom. The number of carbonyl (C=O) groups is 1. The summed E-state index contributed by atoms with van der Waals surface area (Å²) in [6.07, 6.45) is 9.17. The molecule has 4 heterocycles. The van der Waals surface area contributed by atoms with Gasteiger partial charge in [0.25, 0.3) is 5.91 Å². The lowest BCUT2D eigenvalue weighted by molar-refractivity contribution is 0.0764. The van der Waals surface area contributed by atoms with E-state index >= 15 is 4.39 Å². The third kappa shape index (κ3) is 3.59. The summed E-state index contributed by atoms with van der Waals surface area (Å²) in [5.41, 5.74) is 4.28. The Morgan fingerprint density at radius 3 is 2.70 bits per heavy atom. The van der Waals surface area contributed by atoms with Gasteiger partial charge < -0.3 is 10.0 Å². The molecule has 1 aliphatic carbocycles. The van der Waals surface area contributed by atoms with Crippen LogP contribution < -0.4 is 0 Å². The Hall–Kier alpha value is -4.17. The highest BCUT2D eigenvalue weighted by molar-refractivity contribution is 5.95. The number of carbonyl (C=O) groups excluding carboxylic acids is 1. The molecule has 1 amide bonds. The van der Waals surface area contributed by atoms with E-state index in [9.17, 15) is 9.90 Å². The summed E-state index contributed by atoms with van der Waals surface area (Å²) >= 11 is 0. The lowest BCUT2D eigenvalue weighted by atomic mass is 9.91. The molecular weight excluding hydrogens is 469 g/mol. The average Bonchev–Trinajstić information content (AvgIpc) is 3.42. The summed E-state index contributed by atoms with van der Waals surface area (Å²) in [4.78, 5) is 27.8. The zero-order valence-electron chi connectivity index (χ0n) is 20.0. The first-order chi connectivity index (χ1) is 18.0. The van der Waals surface area contributed by atoms with E-state index in [-0.39, 0.29) is 23.4 Å². The number of imidazole rings is 1. The lowest BCUT2D eigenvalue weighted by Gasteiger charge is -2.17. The third-order valence-electron chi connectivity index (χ3n) is 7.74. The third-order valence-corrected chi connectivity index (χ3v) is 7.74. The highest BCUT2D eigenvalue weighted by Gasteiger charge is 2.48. The van der Waals surface area contributed by atoms with Gasteiger partial charge in [-0.3, -0.25) is 14.2 Å². The zero-order chi connectivity index (χ0) is 25.1. The Labute approximate surface area is 212 Å². The second-order valence-electron chi connectivity index (χ2n) is 10.0. The van der Waals surface area contributed by atoms with Crippen molar-refractivity contribution in [1.29, 1.82) is 0 Å². The Balaban J connectivity index is 1.25. The average molecular weight is 494 g/mol. The number of aromatic nitrogens is 4.